The van der Waals surface area contributed by atoms with E-state index in [0.29, 0.717) is 18.5 Å². The summed E-state index contributed by atoms with van der Waals surface area (Å²) in [5.41, 5.74) is 2.03. The Labute approximate surface area is 136 Å². The first-order valence-electron chi connectivity index (χ1n) is 8.47. The van der Waals surface area contributed by atoms with Gasteiger partial charge in [-0.2, -0.15) is 0 Å². The van der Waals surface area contributed by atoms with Gasteiger partial charge in [-0.15, -0.1) is 0 Å². The van der Waals surface area contributed by atoms with E-state index in [2.05, 4.69) is 16.0 Å². The zero-order valence-corrected chi connectivity index (χ0v) is 13.2. The number of amides is 1. The van der Waals surface area contributed by atoms with Gasteiger partial charge in [0.2, 0.25) is 0 Å². The van der Waals surface area contributed by atoms with Crippen molar-refractivity contribution < 1.29 is 9.53 Å². The number of rotatable bonds is 4. The maximum atomic E-state index is 12.5. The van der Waals surface area contributed by atoms with Gasteiger partial charge >= 0.3 is 0 Å². The van der Waals surface area contributed by atoms with Gasteiger partial charge in [-0.05, 0) is 55.4 Å². The van der Waals surface area contributed by atoms with E-state index in [9.17, 15) is 4.79 Å². The molecular weight excluding hydrogens is 288 g/mol. The summed E-state index contributed by atoms with van der Waals surface area (Å²) in [6, 6.07) is 12.6. The van der Waals surface area contributed by atoms with Crippen LogP contribution in [-0.4, -0.2) is 23.6 Å². The van der Waals surface area contributed by atoms with Crippen LogP contribution in [0.2, 0.25) is 0 Å². The maximum Gasteiger partial charge on any atom is 0.267 e. The van der Waals surface area contributed by atoms with Crippen LogP contribution in [0.5, 0.6) is 5.75 Å². The Morgan fingerprint density at radius 2 is 2.04 bits per heavy atom. The normalized spacial score (nSPS) is 20.3. The summed E-state index contributed by atoms with van der Waals surface area (Å²) < 4.78 is 7.91. The average molecular weight is 310 g/mol. The highest BCUT2D eigenvalue weighted by Gasteiger charge is 2.27. The summed E-state index contributed by atoms with van der Waals surface area (Å²) in [6.45, 7) is 1.42. The number of fused-ring (bicyclic) bond motifs is 1. The number of benzene rings is 1. The molecule has 2 heterocycles. The lowest BCUT2D eigenvalue weighted by atomic mass is 9.97. The van der Waals surface area contributed by atoms with Crippen molar-refractivity contribution in [3.8, 4) is 5.75 Å². The van der Waals surface area contributed by atoms with Crippen molar-refractivity contribution in [2.75, 3.05) is 13.2 Å². The molecule has 1 N–H and O–H groups in total. The average Bonchev–Trinajstić information content (AvgIpc) is 3.34. The quantitative estimate of drug-likeness (QED) is 0.942. The van der Waals surface area contributed by atoms with Crippen molar-refractivity contribution in [3.63, 3.8) is 0 Å². The number of aromatic nitrogens is 1. The lowest BCUT2D eigenvalue weighted by molar-refractivity contribution is 0.0936. The van der Waals surface area contributed by atoms with E-state index in [-0.39, 0.29) is 5.91 Å². The summed E-state index contributed by atoms with van der Waals surface area (Å²) in [4.78, 5) is 12.5. The first-order chi connectivity index (χ1) is 11.3. The number of para-hydroxylation sites is 1. The van der Waals surface area contributed by atoms with E-state index in [4.69, 9.17) is 4.74 Å². The van der Waals surface area contributed by atoms with Gasteiger partial charge in [0, 0.05) is 18.8 Å². The molecule has 1 aromatic heterocycles. The first kappa shape index (κ1) is 14.4. The Morgan fingerprint density at radius 3 is 2.91 bits per heavy atom. The summed E-state index contributed by atoms with van der Waals surface area (Å²) in [7, 11) is 0. The standard InChI is InChI=1S/C19H22N2O2/c22-19(17-5-3-10-21(17)16-7-8-16)20-13-14-9-11-23-18-6-2-1-4-15(18)12-14/h1-6,10,14,16H,7-9,11-13H2,(H,20,22)/t14-/m1/s1. The molecule has 0 radical (unpaired) electrons. The fraction of sp³-hybridized carbons (Fsp3) is 0.421. The highest BCUT2D eigenvalue weighted by molar-refractivity contribution is 5.92. The zero-order valence-electron chi connectivity index (χ0n) is 13.2. The number of carbonyl (C=O) groups excluding carboxylic acids is 1. The van der Waals surface area contributed by atoms with E-state index in [1.165, 1.54) is 18.4 Å². The molecule has 1 saturated carbocycles. The molecule has 23 heavy (non-hydrogen) atoms. The fourth-order valence-corrected chi connectivity index (χ4v) is 3.32. The molecule has 1 atom stereocenters. The molecule has 0 saturated heterocycles. The Hall–Kier alpha value is -2.23. The lowest BCUT2D eigenvalue weighted by Crippen LogP contribution is -2.31. The maximum absolute atomic E-state index is 12.5. The second-order valence-electron chi connectivity index (χ2n) is 6.56. The van der Waals surface area contributed by atoms with Crippen LogP contribution in [0, 0.1) is 5.92 Å². The lowest BCUT2D eigenvalue weighted by Gasteiger charge is -2.15. The molecule has 0 bridgehead atoms. The van der Waals surface area contributed by atoms with Crippen molar-refractivity contribution in [3.05, 3.63) is 53.9 Å². The molecule has 4 heteroatoms. The number of carbonyl (C=O) groups is 1. The van der Waals surface area contributed by atoms with Gasteiger partial charge in [-0.1, -0.05) is 18.2 Å². The minimum atomic E-state index is 0.0420. The number of ether oxygens (including phenoxy) is 1. The summed E-state index contributed by atoms with van der Waals surface area (Å²) >= 11 is 0. The summed E-state index contributed by atoms with van der Waals surface area (Å²) in [5, 5.41) is 3.12. The number of hydrogen-bond donors (Lipinski definition) is 1. The second kappa shape index (κ2) is 6.11. The van der Waals surface area contributed by atoms with Gasteiger partial charge < -0.3 is 14.6 Å². The van der Waals surface area contributed by atoms with E-state index in [1.54, 1.807) is 0 Å². The van der Waals surface area contributed by atoms with Gasteiger partial charge in [0.1, 0.15) is 11.4 Å². The number of hydrogen-bond acceptors (Lipinski definition) is 2. The molecule has 1 aliphatic carbocycles. The molecule has 4 nitrogen and oxygen atoms in total. The van der Waals surface area contributed by atoms with Crippen molar-refractivity contribution in [1.29, 1.82) is 0 Å². The first-order valence-corrected chi connectivity index (χ1v) is 8.47. The third-order valence-electron chi connectivity index (χ3n) is 4.77. The summed E-state index contributed by atoms with van der Waals surface area (Å²) in [5.74, 6) is 1.45. The van der Waals surface area contributed by atoms with Crippen LogP contribution in [0.15, 0.2) is 42.6 Å². The van der Waals surface area contributed by atoms with Gasteiger partial charge in [0.15, 0.2) is 0 Å². The number of nitrogens with zero attached hydrogens (tertiary/aromatic N) is 1. The molecule has 120 valence electrons. The minimum Gasteiger partial charge on any atom is -0.493 e. The largest absolute Gasteiger partial charge is 0.493 e. The highest BCUT2D eigenvalue weighted by Crippen LogP contribution is 2.36. The van der Waals surface area contributed by atoms with Crippen LogP contribution < -0.4 is 10.1 Å². The Morgan fingerprint density at radius 1 is 1.17 bits per heavy atom. The van der Waals surface area contributed by atoms with Gasteiger partial charge in [0.25, 0.3) is 5.91 Å². The van der Waals surface area contributed by atoms with Crippen LogP contribution in [-0.2, 0) is 6.42 Å². The number of nitrogens with one attached hydrogen (secondary N) is 1. The van der Waals surface area contributed by atoms with E-state index >= 15 is 0 Å². The smallest absolute Gasteiger partial charge is 0.267 e. The summed E-state index contributed by atoms with van der Waals surface area (Å²) in [6.07, 6.45) is 6.32. The Balaban J connectivity index is 1.39. The second-order valence-corrected chi connectivity index (χ2v) is 6.56. The molecule has 1 aliphatic heterocycles. The fourth-order valence-electron chi connectivity index (χ4n) is 3.32. The van der Waals surface area contributed by atoms with Gasteiger partial charge in [-0.25, -0.2) is 0 Å². The van der Waals surface area contributed by atoms with Crippen molar-refractivity contribution >= 4 is 5.91 Å². The predicted octanol–water partition coefficient (Wildman–Crippen LogP) is 3.19. The zero-order chi connectivity index (χ0) is 15.6. The van der Waals surface area contributed by atoms with Crippen molar-refractivity contribution in [1.82, 2.24) is 9.88 Å². The minimum absolute atomic E-state index is 0.0420. The van der Waals surface area contributed by atoms with Crippen LogP contribution in [0.25, 0.3) is 0 Å². The molecule has 2 aromatic rings. The Kier molecular flexibility index (Phi) is 3.82. The molecular formula is C19H22N2O2. The van der Waals surface area contributed by atoms with E-state index in [0.717, 1.165) is 30.9 Å². The monoisotopic (exact) mass is 310 g/mol. The highest BCUT2D eigenvalue weighted by atomic mass is 16.5. The van der Waals surface area contributed by atoms with Crippen LogP contribution >= 0.6 is 0 Å². The van der Waals surface area contributed by atoms with Crippen molar-refractivity contribution in [2.45, 2.75) is 31.7 Å². The molecule has 1 amide bonds. The van der Waals surface area contributed by atoms with Crippen LogP contribution in [0.1, 0.15) is 41.4 Å². The molecule has 0 spiro atoms. The van der Waals surface area contributed by atoms with E-state index < -0.39 is 0 Å². The van der Waals surface area contributed by atoms with Crippen molar-refractivity contribution in [2.24, 2.45) is 5.92 Å². The molecule has 1 aromatic carbocycles. The topological polar surface area (TPSA) is 43.3 Å². The van der Waals surface area contributed by atoms with Crippen LogP contribution in [0.4, 0.5) is 0 Å². The van der Waals surface area contributed by atoms with Gasteiger partial charge in [0.05, 0.1) is 6.61 Å². The van der Waals surface area contributed by atoms with E-state index in [1.807, 2.05) is 36.5 Å². The Bertz CT molecular complexity index is 703. The predicted molar refractivity (Wildman–Crippen MR) is 88.8 cm³/mol. The molecule has 0 unspecified atom stereocenters. The van der Waals surface area contributed by atoms with Gasteiger partial charge in [-0.3, -0.25) is 4.79 Å². The third-order valence-corrected chi connectivity index (χ3v) is 4.77. The molecule has 2 aliphatic rings. The molecule has 1 fully saturated rings. The SMILES string of the molecule is O=C(NC[C@@H]1CCOc2ccccc2C1)c1cccn1C1CC1. The molecule has 4 rings (SSSR count). The van der Waals surface area contributed by atoms with Crippen LogP contribution in [0.3, 0.4) is 0 Å². The third kappa shape index (κ3) is 3.11.